The SMILES string of the molecule is CNCc1[nH]c(-c2ccc3c(c2)OCO3)nc1Cl. The fourth-order valence-corrected chi connectivity index (χ4v) is 2.06. The first kappa shape index (κ1) is 11.4. The fraction of sp³-hybridized carbons (Fsp3) is 0.250. The molecule has 0 fully saturated rings. The van der Waals surface area contributed by atoms with Gasteiger partial charge in [0.1, 0.15) is 5.82 Å². The molecule has 1 aromatic heterocycles. The van der Waals surface area contributed by atoms with Crippen molar-refractivity contribution in [2.45, 2.75) is 6.54 Å². The molecule has 0 saturated heterocycles. The third-order valence-electron chi connectivity index (χ3n) is 2.73. The van der Waals surface area contributed by atoms with Crippen LogP contribution in [-0.4, -0.2) is 23.8 Å². The average molecular weight is 266 g/mol. The highest BCUT2D eigenvalue weighted by Gasteiger charge is 2.16. The molecule has 0 amide bonds. The lowest BCUT2D eigenvalue weighted by atomic mass is 10.2. The van der Waals surface area contributed by atoms with E-state index in [1.165, 1.54) is 0 Å². The lowest BCUT2D eigenvalue weighted by Crippen LogP contribution is -2.05. The summed E-state index contributed by atoms with van der Waals surface area (Å²) in [7, 11) is 1.86. The summed E-state index contributed by atoms with van der Waals surface area (Å²) in [5.41, 5.74) is 1.79. The summed E-state index contributed by atoms with van der Waals surface area (Å²) in [6.07, 6.45) is 0. The summed E-state index contributed by atoms with van der Waals surface area (Å²) in [5, 5.41) is 3.51. The van der Waals surface area contributed by atoms with Crippen LogP contribution in [0.2, 0.25) is 5.15 Å². The average Bonchev–Trinajstić information content (AvgIpc) is 2.96. The number of halogens is 1. The standard InChI is InChI=1S/C12H12ClN3O2/c1-14-5-8-11(13)16-12(15-8)7-2-3-9-10(4-7)18-6-17-9/h2-4,14H,5-6H2,1H3,(H,15,16). The van der Waals surface area contributed by atoms with Gasteiger partial charge in [0.15, 0.2) is 16.7 Å². The topological polar surface area (TPSA) is 59.2 Å². The molecule has 6 heteroatoms. The molecule has 2 N–H and O–H groups in total. The second-order valence-electron chi connectivity index (χ2n) is 3.95. The Morgan fingerprint density at radius 1 is 1.39 bits per heavy atom. The lowest BCUT2D eigenvalue weighted by molar-refractivity contribution is 0.174. The Balaban J connectivity index is 1.97. The molecule has 0 radical (unpaired) electrons. The summed E-state index contributed by atoms with van der Waals surface area (Å²) in [6, 6.07) is 5.68. The van der Waals surface area contributed by atoms with Crippen LogP contribution in [0.5, 0.6) is 11.5 Å². The van der Waals surface area contributed by atoms with Gasteiger partial charge in [-0.15, -0.1) is 0 Å². The van der Waals surface area contributed by atoms with E-state index < -0.39 is 0 Å². The molecule has 0 aliphatic carbocycles. The zero-order valence-electron chi connectivity index (χ0n) is 9.79. The fourth-order valence-electron chi connectivity index (χ4n) is 1.86. The van der Waals surface area contributed by atoms with E-state index in [-0.39, 0.29) is 6.79 Å². The quantitative estimate of drug-likeness (QED) is 0.893. The molecule has 0 atom stereocenters. The second-order valence-corrected chi connectivity index (χ2v) is 4.31. The smallest absolute Gasteiger partial charge is 0.231 e. The molecule has 3 rings (SSSR count). The Kier molecular flexibility index (Phi) is 2.85. The number of imidazole rings is 1. The molecular formula is C12H12ClN3O2. The molecule has 0 spiro atoms. The normalized spacial score (nSPS) is 13.0. The number of hydrogen-bond donors (Lipinski definition) is 2. The molecule has 94 valence electrons. The molecular weight excluding hydrogens is 254 g/mol. The molecule has 0 bridgehead atoms. The van der Waals surface area contributed by atoms with E-state index in [1.54, 1.807) is 0 Å². The number of nitrogens with one attached hydrogen (secondary N) is 2. The van der Waals surface area contributed by atoms with Crippen molar-refractivity contribution in [1.29, 1.82) is 0 Å². The number of H-pyrrole nitrogens is 1. The summed E-state index contributed by atoms with van der Waals surface area (Å²) in [5.74, 6) is 2.21. The Morgan fingerprint density at radius 2 is 2.22 bits per heavy atom. The van der Waals surface area contributed by atoms with Gasteiger partial charge in [-0.3, -0.25) is 0 Å². The van der Waals surface area contributed by atoms with Crippen molar-refractivity contribution in [2.24, 2.45) is 0 Å². The van der Waals surface area contributed by atoms with Crippen molar-refractivity contribution in [3.8, 4) is 22.9 Å². The maximum absolute atomic E-state index is 6.05. The molecule has 0 unspecified atom stereocenters. The first-order valence-corrected chi connectivity index (χ1v) is 5.94. The second kappa shape index (κ2) is 4.51. The van der Waals surface area contributed by atoms with E-state index in [2.05, 4.69) is 15.3 Å². The Hall–Kier alpha value is -1.72. The molecule has 5 nitrogen and oxygen atoms in total. The van der Waals surface area contributed by atoms with Crippen LogP contribution in [0.3, 0.4) is 0 Å². The summed E-state index contributed by atoms with van der Waals surface area (Å²) < 4.78 is 10.6. The third kappa shape index (κ3) is 1.91. The van der Waals surface area contributed by atoms with Gasteiger partial charge in [-0.25, -0.2) is 4.98 Å². The van der Waals surface area contributed by atoms with E-state index in [4.69, 9.17) is 21.1 Å². The summed E-state index contributed by atoms with van der Waals surface area (Å²) in [4.78, 5) is 7.49. The van der Waals surface area contributed by atoms with Gasteiger partial charge in [-0.2, -0.15) is 0 Å². The highest BCUT2D eigenvalue weighted by Crippen LogP contribution is 2.35. The Morgan fingerprint density at radius 3 is 3.06 bits per heavy atom. The molecule has 0 saturated carbocycles. The van der Waals surface area contributed by atoms with Gasteiger partial charge in [0.2, 0.25) is 6.79 Å². The largest absolute Gasteiger partial charge is 0.454 e. The van der Waals surface area contributed by atoms with E-state index in [9.17, 15) is 0 Å². The highest BCUT2D eigenvalue weighted by atomic mass is 35.5. The van der Waals surface area contributed by atoms with Crippen molar-refractivity contribution < 1.29 is 9.47 Å². The Bertz CT molecular complexity index is 583. The van der Waals surface area contributed by atoms with E-state index >= 15 is 0 Å². The van der Waals surface area contributed by atoms with Crippen LogP contribution in [0.4, 0.5) is 0 Å². The summed E-state index contributed by atoms with van der Waals surface area (Å²) >= 11 is 6.05. The summed E-state index contributed by atoms with van der Waals surface area (Å²) in [6.45, 7) is 0.916. The minimum atomic E-state index is 0.267. The molecule has 1 aliphatic heterocycles. The molecule has 2 aromatic rings. The van der Waals surface area contributed by atoms with Crippen molar-refractivity contribution in [3.05, 3.63) is 29.0 Å². The maximum atomic E-state index is 6.05. The minimum Gasteiger partial charge on any atom is -0.454 e. The number of benzene rings is 1. The van der Waals surface area contributed by atoms with E-state index in [0.717, 1.165) is 28.6 Å². The first-order chi connectivity index (χ1) is 8.78. The molecule has 1 aromatic carbocycles. The zero-order valence-corrected chi connectivity index (χ0v) is 10.5. The van der Waals surface area contributed by atoms with Gasteiger partial charge in [0.25, 0.3) is 0 Å². The van der Waals surface area contributed by atoms with E-state index in [0.29, 0.717) is 11.7 Å². The van der Waals surface area contributed by atoms with Crippen LogP contribution in [0.15, 0.2) is 18.2 Å². The van der Waals surface area contributed by atoms with Crippen molar-refractivity contribution in [1.82, 2.24) is 15.3 Å². The first-order valence-electron chi connectivity index (χ1n) is 5.57. The zero-order chi connectivity index (χ0) is 12.5. The van der Waals surface area contributed by atoms with Crippen LogP contribution < -0.4 is 14.8 Å². The number of fused-ring (bicyclic) bond motifs is 1. The van der Waals surface area contributed by atoms with E-state index in [1.807, 2.05) is 25.2 Å². The number of rotatable bonds is 3. The van der Waals surface area contributed by atoms with Gasteiger partial charge in [-0.1, -0.05) is 11.6 Å². The third-order valence-corrected chi connectivity index (χ3v) is 3.04. The van der Waals surface area contributed by atoms with Crippen LogP contribution in [-0.2, 0) is 6.54 Å². The van der Waals surface area contributed by atoms with Gasteiger partial charge in [0.05, 0.1) is 5.69 Å². The predicted octanol–water partition coefficient (Wildman–Crippen LogP) is 2.18. The van der Waals surface area contributed by atoms with Crippen LogP contribution in [0, 0.1) is 0 Å². The van der Waals surface area contributed by atoms with Crippen molar-refractivity contribution in [3.63, 3.8) is 0 Å². The number of nitrogens with zero attached hydrogens (tertiary/aromatic N) is 1. The van der Waals surface area contributed by atoms with Crippen LogP contribution in [0.25, 0.3) is 11.4 Å². The number of ether oxygens (including phenoxy) is 2. The Labute approximate surface area is 109 Å². The lowest BCUT2D eigenvalue weighted by Gasteiger charge is -1.99. The van der Waals surface area contributed by atoms with Crippen molar-refractivity contribution in [2.75, 3.05) is 13.8 Å². The minimum absolute atomic E-state index is 0.267. The van der Waals surface area contributed by atoms with Gasteiger partial charge in [-0.05, 0) is 25.2 Å². The van der Waals surface area contributed by atoms with Crippen molar-refractivity contribution >= 4 is 11.6 Å². The number of aromatic amines is 1. The molecule has 18 heavy (non-hydrogen) atoms. The monoisotopic (exact) mass is 265 g/mol. The van der Waals surface area contributed by atoms with Gasteiger partial charge >= 0.3 is 0 Å². The predicted molar refractivity (Wildman–Crippen MR) is 67.9 cm³/mol. The van der Waals surface area contributed by atoms with Crippen LogP contribution >= 0.6 is 11.6 Å². The molecule has 1 aliphatic rings. The van der Waals surface area contributed by atoms with Gasteiger partial charge < -0.3 is 19.8 Å². The number of aromatic nitrogens is 2. The maximum Gasteiger partial charge on any atom is 0.231 e. The molecule has 2 heterocycles. The highest BCUT2D eigenvalue weighted by molar-refractivity contribution is 6.30. The number of hydrogen-bond acceptors (Lipinski definition) is 4. The van der Waals surface area contributed by atoms with Gasteiger partial charge in [0, 0.05) is 12.1 Å². The van der Waals surface area contributed by atoms with Crippen LogP contribution in [0.1, 0.15) is 5.69 Å².